The second-order valence-electron chi connectivity index (χ2n) is 6.99. The quantitative estimate of drug-likeness (QED) is 0.785. The van der Waals surface area contributed by atoms with Gasteiger partial charge in [0.1, 0.15) is 12.1 Å². The molecule has 0 unspecified atom stereocenters. The van der Waals surface area contributed by atoms with Crippen LogP contribution in [0.25, 0.3) is 0 Å². The standard InChI is InChI=1S/C19H28N2O4S/c1-2-14-26(23,24)21-11-7-6-10-17(21)19(22)20-12-13-25-18(15-20)16-8-4-3-5-9-16/h3-5,8-9,17-18H,2,6-7,10-15H2,1H3/t17-,18-/m0/s1. The fraction of sp³-hybridized carbons (Fsp3) is 0.632. The number of hydrogen-bond acceptors (Lipinski definition) is 4. The summed E-state index contributed by atoms with van der Waals surface area (Å²) in [5, 5.41) is 0. The Labute approximate surface area is 156 Å². The van der Waals surface area contributed by atoms with Crippen molar-refractivity contribution in [3.63, 3.8) is 0 Å². The maximum Gasteiger partial charge on any atom is 0.241 e. The lowest BCUT2D eigenvalue weighted by Gasteiger charge is -2.39. The average Bonchev–Trinajstić information content (AvgIpc) is 2.68. The molecule has 1 aromatic rings. The summed E-state index contributed by atoms with van der Waals surface area (Å²) in [7, 11) is -3.38. The summed E-state index contributed by atoms with van der Waals surface area (Å²) in [5.41, 5.74) is 1.05. The molecule has 0 aliphatic carbocycles. The second-order valence-corrected chi connectivity index (χ2v) is 9.03. The molecule has 0 saturated carbocycles. The maximum absolute atomic E-state index is 13.2. The number of benzene rings is 1. The summed E-state index contributed by atoms with van der Waals surface area (Å²) < 4.78 is 32.5. The first-order valence-corrected chi connectivity index (χ1v) is 11.1. The van der Waals surface area contributed by atoms with Gasteiger partial charge in [0, 0.05) is 13.1 Å². The summed E-state index contributed by atoms with van der Waals surface area (Å²) in [6.07, 6.45) is 2.73. The largest absolute Gasteiger partial charge is 0.370 e. The molecule has 144 valence electrons. The van der Waals surface area contributed by atoms with Gasteiger partial charge >= 0.3 is 0 Å². The minimum absolute atomic E-state index is 0.0754. The zero-order valence-electron chi connectivity index (χ0n) is 15.3. The molecule has 0 N–H and O–H groups in total. The van der Waals surface area contributed by atoms with E-state index in [4.69, 9.17) is 4.74 Å². The molecule has 2 fully saturated rings. The van der Waals surface area contributed by atoms with Crippen LogP contribution in [0.3, 0.4) is 0 Å². The van der Waals surface area contributed by atoms with Gasteiger partial charge in [0.2, 0.25) is 15.9 Å². The molecule has 1 amide bonds. The Morgan fingerprint density at radius 3 is 2.69 bits per heavy atom. The number of rotatable bonds is 5. The molecule has 2 saturated heterocycles. The molecular formula is C19H28N2O4S. The van der Waals surface area contributed by atoms with Crippen LogP contribution in [0.2, 0.25) is 0 Å². The molecule has 2 heterocycles. The molecule has 2 aliphatic rings. The van der Waals surface area contributed by atoms with E-state index in [0.29, 0.717) is 39.1 Å². The van der Waals surface area contributed by atoms with E-state index in [-0.39, 0.29) is 17.8 Å². The summed E-state index contributed by atoms with van der Waals surface area (Å²) in [6.45, 7) is 3.76. The third-order valence-electron chi connectivity index (χ3n) is 5.11. The van der Waals surface area contributed by atoms with Gasteiger partial charge < -0.3 is 9.64 Å². The number of morpholine rings is 1. The molecule has 6 nitrogen and oxygen atoms in total. The average molecular weight is 381 g/mol. The van der Waals surface area contributed by atoms with Gasteiger partial charge in [-0.3, -0.25) is 4.79 Å². The lowest BCUT2D eigenvalue weighted by molar-refractivity contribution is -0.144. The lowest BCUT2D eigenvalue weighted by Crippen LogP contribution is -2.55. The molecule has 2 aliphatic heterocycles. The van der Waals surface area contributed by atoms with Crippen LogP contribution in [-0.4, -0.2) is 61.6 Å². The predicted octanol–water partition coefficient (Wildman–Crippen LogP) is 2.18. The summed E-state index contributed by atoms with van der Waals surface area (Å²) in [4.78, 5) is 14.9. The van der Waals surface area contributed by atoms with Crippen LogP contribution in [0.15, 0.2) is 30.3 Å². The SMILES string of the molecule is CCCS(=O)(=O)N1CCCC[C@H]1C(=O)N1CCO[C@H](c2ccccc2)C1. The molecule has 0 bridgehead atoms. The zero-order chi connectivity index (χ0) is 18.6. The second kappa shape index (κ2) is 8.50. The van der Waals surface area contributed by atoms with E-state index in [1.165, 1.54) is 4.31 Å². The minimum atomic E-state index is -3.38. The number of carbonyl (C=O) groups excluding carboxylic acids is 1. The van der Waals surface area contributed by atoms with E-state index in [0.717, 1.165) is 18.4 Å². The Kier molecular flexibility index (Phi) is 6.32. The van der Waals surface area contributed by atoms with E-state index in [9.17, 15) is 13.2 Å². The number of ether oxygens (including phenoxy) is 1. The summed E-state index contributed by atoms with van der Waals surface area (Å²) >= 11 is 0. The van der Waals surface area contributed by atoms with Gasteiger partial charge in [-0.15, -0.1) is 0 Å². The first kappa shape index (κ1) is 19.3. The van der Waals surface area contributed by atoms with Crippen molar-refractivity contribution >= 4 is 15.9 Å². The number of hydrogen-bond donors (Lipinski definition) is 0. The van der Waals surface area contributed by atoms with Crippen molar-refractivity contribution in [3.05, 3.63) is 35.9 Å². The van der Waals surface area contributed by atoms with E-state index < -0.39 is 16.1 Å². The van der Waals surface area contributed by atoms with Crippen molar-refractivity contribution in [1.82, 2.24) is 9.21 Å². The van der Waals surface area contributed by atoms with Crippen molar-refractivity contribution < 1.29 is 17.9 Å². The highest BCUT2D eigenvalue weighted by Crippen LogP contribution is 2.27. The van der Waals surface area contributed by atoms with Crippen LogP contribution < -0.4 is 0 Å². The Hall–Kier alpha value is -1.44. The topological polar surface area (TPSA) is 66.9 Å². The van der Waals surface area contributed by atoms with Gasteiger partial charge in [-0.1, -0.05) is 43.7 Å². The molecular weight excluding hydrogens is 352 g/mol. The van der Waals surface area contributed by atoms with Gasteiger partial charge in [-0.25, -0.2) is 8.42 Å². The molecule has 1 aromatic carbocycles. The van der Waals surface area contributed by atoms with Crippen LogP contribution in [0.1, 0.15) is 44.3 Å². The van der Waals surface area contributed by atoms with E-state index in [1.54, 1.807) is 4.90 Å². The number of sulfonamides is 1. The van der Waals surface area contributed by atoms with E-state index in [1.807, 2.05) is 37.3 Å². The Morgan fingerprint density at radius 2 is 1.96 bits per heavy atom. The number of amides is 1. The van der Waals surface area contributed by atoms with Crippen molar-refractivity contribution in [2.45, 2.75) is 44.8 Å². The van der Waals surface area contributed by atoms with Crippen LogP contribution in [0, 0.1) is 0 Å². The normalized spacial score (nSPS) is 25.2. The molecule has 26 heavy (non-hydrogen) atoms. The first-order chi connectivity index (χ1) is 12.5. The predicted molar refractivity (Wildman–Crippen MR) is 100 cm³/mol. The van der Waals surface area contributed by atoms with Crippen LogP contribution in [0.4, 0.5) is 0 Å². The van der Waals surface area contributed by atoms with Gasteiger partial charge in [0.05, 0.1) is 18.9 Å². The number of nitrogens with zero attached hydrogens (tertiary/aromatic N) is 2. The Morgan fingerprint density at radius 1 is 1.19 bits per heavy atom. The highest BCUT2D eigenvalue weighted by molar-refractivity contribution is 7.89. The van der Waals surface area contributed by atoms with Crippen molar-refractivity contribution in [2.75, 3.05) is 32.0 Å². The third kappa shape index (κ3) is 4.27. The molecule has 3 rings (SSSR count). The third-order valence-corrected chi connectivity index (χ3v) is 7.18. The highest BCUT2D eigenvalue weighted by Gasteiger charge is 2.39. The zero-order valence-corrected chi connectivity index (χ0v) is 16.2. The monoisotopic (exact) mass is 380 g/mol. The van der Waals surface area contributed by atoms with Crippen molar-refractivity contribution in [1.29, 1.82) is 0 Å². The first-order valence-electron chi connectivity index (χ1n) is 9.48. The lowest BCUT2D eigenvalue weighted by atomic mass is 10.0. The van der Waals surface area contributed by atoms with E-state index in [2.05, 4.69) is 0 Å². The van der Waals surface area contributed by atoms with Crippen molar-refractivity contribution in [2.24, 2.45) is 0 Å². The Balaban J connectivity index is 1.74. The summed E-state index contributed by atoms with van der Waals surface area (Å²) in [6, 6.07) is 9.30. The molecule has 0 spiro atoms. The summed E-state index contributed by atoms with van der Waals surface area (Å²) in [5.74, 6) is 0.0283. The molecule has 2 atom stereocenters. The highest BCUT2D eigenvalue weighted by atomic mass is 32.2. The fourth-order valence-electron chi connectivity index (χ4n) is 3.79. The smallest absolute Gasteiger partial charge is 0.241 e. The van der Waals surface area contributed by atoms with Gasteiger partial charge in [-0.2, -0.15) is 4.31 Å². The number of piperidine rings is 1. The van der Waals surface area contributed by atoms with Crippen LogP contribution >= 0.6 is 0 Å². The van der Waals surface area contributed by atoms with Gasteiger partial charge in [0.25, 0.3) is 0 Å². The minimum Gasteiger partial charge on any atom is -0.370 e. The van der Waals surface area contributed by atoms with Crippen LogP contribution in [0.5, 0.6) is 0 Å². The van der Waals surface area contributed by atoms with Gasteiger partial charge in [0.15, 0.2) is 0 Å². The van der Waals surface area contributed by atoms with Crippen molar-refractivity contribution in [3.8, 4) is 0 Å². The molecule has 0 aromatic heterocycles. The number of carbonyl (C=O) groups is 1. The molecule has 7 heteroatoms. The molecule has 0 radical (unpaired) electrons. The van der Waals surface area contributed by atoms with E-state index >= 15 is 0 Å². The van der Waals surface area contributed by atoms with Gasteiger partial charge in [-0.05, 0) is 24.8 Å². The Bertz CT molecular complexity index is 708. The van der Waals surface area contributed by atoms with Crippen LogP contribution in [-0.2, 0) is 19.6 Å². The maximum atomic E-state index is 13.2. The fourth-order valence-corrected chi connectivity index (χ4v) is 5.53.